The van der Waals surface area contributed by atoms with E-state index in [1.807, 2.05) is 0 Å². The molecule has 0 aromatic heterocycles. The van der Waals surface area contributed by atoms with Crippen LogP contribution < -0.4 is 5.32 Å². The van der Waals surface area contributed by atoms with Crippen molar-refractivity contribution in [3.05, 3.63) is 58.6 Å². The van der Waals surface area contributed by atoms with Crippen molar-refractivity contribution >= 4 is 29.2 Å². The molecule has 6 heteroatoms. The second kappa shape index (κ2) is 6.95. The molecule has 2 N–H and O–H groups in total. The molecule has 0 aliphatic carbocycles. The molecular weight excluding hydrogens is 306 g/mol. The van der Waals surface area contributed by atoms with E-state index < -0.39 is 18.5 Å². The van der Waals surface area contributed by atoms with Gasteiger partial charge >= 0.3 is 5.97 Å². The van der Waals surface area contributed by atoms with E-state index in [-0.39, 0.29) is 11.3 Å². The molecule has 0 bridgehead atoms. The standard InChI is InChI=1S/C16H14ClNO4/c1-10-13(17)3-2-4-14(10)18-15(20)9-22-16(21)11-5-7-12(19)8-6-11/h2-8,19H,9H2,1H3,(H,18,20). The highest BCUT2D eigenvalue weighted by atomic mass is 35.5. The van der Waals surface area contributed by atoms with E-state index in [1.165, 1.54) is 24.3 Å². The van der Waals surface area contributed by atoms with Gasteiger partial charge in [-0.2, -0.15) is 0 Å². The van der Waals surface area contributed by atoms with Gasteiger partial charge in [-0.25, -0.2) is 4.79 Å². The van der Waals surface area contributed by atoms with Crippen LogP contribution in [0.4, 0.5) is 5.69 Å². The van der Waals surface area contributed by atoms with Gasteiger partial charge in [0.1, 0.15) is 5.75 Å². The fourth-order valence-electron chi connectivity index (χ4n) is 1.74. The summed E-state index contributed by atoms with van der Waals surface area (Å²) in [5.41, 5.74) is 1.56. The Morgan fingerprint density at radius 2 is 1.86 bits per heavy atom. The first kappa shape index (κ1) is 15.9. The maximum atomic E-state index is 11.8. The molecule has 0 heterocycles. The molecule has 0 saturated heterocycles. The minimum Gasteiger partial charge on any atom is -0.508 e. The Bertz CT molecular complexity index is 698. The van der Waals surface area contributed by atoms with Crippen molar-refractivity contribution in [2.24, 2.45) is 0 Å². The van der Waals surface area contributed by atoms with E-state index in [1.54, 1.807) is 25.1 Å². The van der Waals surface area contributed by atoms with Crippen molar-refractivity contribution in [3.63, 3.8) is 0 Å². The summed E-state index contributed by atoms with van der Waals surface area (Å²) >= 11 is 5.96. The molecule has 0 aliphatic rings. The third-order valence-electron chi connectivity index (χ3n) is 2.98. The van der Waals surface area contributed by atoms with Crippen LogP contribution in [0.3, 0.4) is 0 Å². The van der Waals surface area contributed by atoms with Gasteiger partial charge in [-0.05, 0) is 48.9 Å². The van der Waals surface area contributed by atoms with Crippen LogP contribution in [0.2, 0.25) is 5.02 Å². The topological polar surface area (TPSA) is 75.6 Å². The highest BCUT2D eigenvalue weighted by Crippen LogP contribution is 2.22. The number of rotatable bonds is 4. The Hall–Kier alpha value is -2.53. The number of amides is 1. The summed E-state index contributed by atoms with van der Waals surface area (Å²) in [6, 6.07) is 10.7. The van der Waals surface area contributed by atoms with Crippen molar-refractivity contribution in [2.75, 3.05) is 11.9 Å². The van der Waals surface area contributed by atoms with Crippen molar-refractivity contribution < 1.29 is 19.4 Å². The molecular formula is C16H14ClNO4. The van der Waals surface area contributed by atoms with Gasteiger partial charge in [-0.3, -0.25) is 4.79 Å². The second-order valence-corrected chi connectivity index (χ2v) is 4.99. The van der Waals surface area contributed by atoms with Crippen LogP contribution in [-0.4, -0.2) is 23.6 Å². The zero-order valence-corrected chi connectivity index (χ0v) is 12.6. The minimum atomic E-state index is -0.641. The molecule has 1 amide bonds. The fraction of sp³-hybridized carbons (Fsp3) is 0.125. The zero-order valence-electron chi connectivity index (χ0n) is 11.8. The van der Waals surface area contributed by atoms with Gasteiger partial charge in [0.05, 0.1) is 5.56 Å². The van der Waals surface area contributed by atoms with Gasteiger partial charge < -0.3 is 15.2 Å². The molecule has 0 fully saturated rings. The van der Waals surface area contributed by atoms with Crippen molar-refractivity contribution in [2.45, 2.75) is 6.92 Å². The van der Waals surface area contributed by atoms with Crippen LogP contribution in [0.5, 0.6) is 5.75 Å². The monoisotopic (exact) mass is 319 g/mol. The number of esters is 1. The molecule has 0 unspecified atom stereocenters. The second-order valence-electron chi connectivity index (χ2n) is 4.58. The first-order valence-electron chi connectivity index (χ1n) is 6.48. The van der Waals surface area contributed by atoms with Crippen molar-refractivity contribution in [3.8, 4) is 5.75 Å². The molecule has 2 aromatic rings. The van der Waals surface area contributed by atoms with E-state index in [0.717, 1.165) is 5.56 Å². The summed E-state index contributed by atoms with van der Waals surface area (Å²) in [5.74, 6) is -1.05. The van der Waals surface area contributed by atoms with Gasteiger partial charge in [0.25, 0.3) is 5.91 Å². The number of nitrogens with one attached hydrogen (secondary N) is 1. The molecule has 0 saturated carbocycles. The Labute approximate surface area is 132 Å². The summed E-state index contributed by atoms with van der Waals surface area (Å²) < 4.78 is 4.91. The number of aromatic hydroxyl groups is 1. The van der Waals surface area contributed by atoms with E-state index in [9.17, 15) is 9.59 Å². The summed E-state index contributed by atoms with van der Waals surface area (Å²) in [4.78, 5) is 23.5. The maximum absolute atomic E-state index is 11.8. The molecule has 114 valence electrons. The number of phenols is 1. The van der Waals surface area contributed by atoms with Gasteiger partial charge in [-0.1, -0.05) is 17.7 Å². The quantitative estimate of drug-likeness (QED) is 0.849. The number of carbonyl (C=O) groups is 2. The Balaban J connectivity index is 1.91. The van der Waals surface area contributed by atoms with Gasteiger partial charge in [0.15, 0.2) is 6.61 Å². The molecule has 2 rings (SSSR count). The van der Waals surface area contributed by atoms with Crippen LogP contribution in [0.1, 0.15) is 15.9 Å². The van der Waals surface area contributed by atoms with E-state index in [4.69, 9.17) is 21.4 Å². The summed E-state index contributed by atoms with van der Waals surface area (Å²) in [7, 11) is 0. The van der Waals surface area contributed by atoms with Gasteiger partial charge in [0.2, 0.25) is 0 Å². The molecule has 0 aliphatic heterocycles. The molecule has 0 radical (unpaired) electrons. The minimum absolute atomic E-state index is 0.0470. The Morgan fingerprint density at radius 3 is 2.55 bits per heavy atom. The van der Waals surface area contributed by atoms with Gasteiger partial charge in [-0.15, -0.1) is 0 Å². The van der Waals surface area contributed by atoms with E-state index >= 15 is 0 Å². The largest absolute Gasteiger partial charge is 0.508 e. The lowest BCUT2D eigenvalue weighted by Gasteiger charge is -2.10. The maximum Gasteiger partial charge on any atom is 0.338 e. The van der Waals surface area contributed by atoms with Gasteiger partial charge in [0, 0.05) is 10.7 Å². The lowest BCUT2D eigenvalue weighted by atomic mass is 10.2. The van der Waals surface area contributed by atoms with E-state index in [2.05, 4.69) is 5.32 Å². The van der Waals surface area contributed by atoms with Crippen LogP contribution in [0, 0.1) is 6.92 Å². The number of phenolic OH excluding ortho intramolecular Hbond substituents is 1. The Morgan fingerprint density at radius 1 is 1.18 bits per heavy atom. The van der Waals surface area contributed by atoms with Crippen LogP contribution >= 0.6 is 11.6 Å². The van der Waals surface area contributed by atoms with Crippen LogP contribution in [0.25, 0.3) is 0 Å². The van der Waals surface area contributed by atoms with Crippen molar-refractivity contribution in [1.82, 2.24) is 0 Å². The molecule has 5 nitrogen and oxygen atoms in total. The smallest absolute Gasteiger partial charge is 0.338 e. The first-order valence-corrected chi connectivity index (χ1v) is 6.86. The number of ether oxygens (including phenoxy) is 1. The molecule has 0 spiro atoms. The number of carbonyl (C=O) groups excluding carboxylic acids is 2. The number of benzene rings is 2. The lowest BCUT2D eigenvalue weighted by molar-refractivity contribution is -0.119. The highest BCUT2D eigenvalue weighted by molar-refractivity contribution is 6.31. The third kappa shape index (κ3) is 3.99. The van der Waals surface area contributed by atoms with Crippen molar-refractivity contribution in [1.29, 1.82) is 0 Å². The molecule has 0 atom stereocenters. The molecule has 2 aromatic carbocycles. The third-order valence-corrected chi connectivity index (χ3v) is 3.39. The summed E-state index contributed by atoms with van der Waals surface area (Å²) in [5, 5.41) is 12.3. The number of hydrogen-bond acceptors (Lipinski definition) is 4. The summed E-state index contributed by atoms with van der Waals surface area (Å²) in [6.45, 7) is 1.37. The van der Waals surface area contributed by atoms with E-state index in [0.29, 0.717) is 10.7 Å². The number of halogens is 1. The lowest BCUT2D eigenvalue weighted by Crippen LogP contribution is -2.21. The Kier molecular flexibility index (Phi) is 5.01. The van der Waals surface area contributed by atoms with Crippen LogP contribution in [0.15, 0.2) is 42.5 Å². The average molecular weight is 320 g/mol. The predicted octanol–water partition coefficient (Wildman–Crippen LogP) is 3.15. The SMILES string of the molecule is Cc1c(Cl)cccc1NC(=O)COC(=O)c1ccc(O)cc1. The average Bonchev–Trinajstić information content (AvgIpc) is 2.50. The first-order chi connectivity index (χ1) is 10.5. The fourth-order valence-corrected chi connectivity index (χ4v) is 1.92. The predicted molar refractivity (Wildman–Crippen MR) is 83.2 cm³/mol. The number of anilines is 1. The number of hydrogen-bond donors (Lipinski definition) is 2. The van der Waals surface area contributed by atoms with Crippen LogP contribution in [-0.2, 0) is 9.53 Å². The molecule has 22 heavy (non-hydrogen) atoms. The highest BCUT2D eigenvalue weighted by Gasteiger charge is 2.11. The summed E-state index contributed by atoms with van der Waals surface area (Å²) in [6.07, 6.45) is 0. The normalized spacial score (nSPS) is 10.1. The zero-order chi connectivity index (χ0) is 16.1.